The minimum absolute atomic E-state index is 0.00239. The number of piperidine rings is 1. The average molecular weight is 342 g/mol. The topological polar surface area (TPSA) is 42.4 Å². The molecule has 25 heavy (non-hydrogen) atoms. The van der Waals surface area contributed by atoms with E-state index in [4.69, 9.17) is 4.74 Å². The molecule has 0 bridgehead atoms. The first kappa shape index (κ1) is 17.4. The molecule has 0 N–H and O–H groups in total. The van der Waals surface area contributed by atoms with Crippen molar-refractivity contribution in [3.05, 3.63) is 59.2 Å². The highest BCUT2D eigenvalue weighted by atomic mass is 19.1. The van der Waals surface area contributed by atoms with Crippen LogP contribution in [0.3, 0.4) is 0 Å². The van der Waals surface area contributed by atoms with E-state index in [1.807, 2.05) is 24.0 Å². The van der Waals surface area contributed by atoms with Crippen LogP contribution in [0.2, 0.25) is 0 Å². The third-order valence-electron chi connectivity index (χ3n) is 4.79. The summed E-state index contributed by atoms with van der Waals surface area (Å²) in [6.07, 6.45) is 4.44. The van der Waals surface area contributed by atoms with Gasteiger partial charge in [-0.1, -0.05) is 12.1 Å². The summed E-state index contributed by atoms with van der Waals surface area (Å²) in [5.41, 5.74) is 2.53. The van der Waals surface area contributed by atoms with E-state index in [1.54, 1.807) is 19.4 Å². The van der Waals surface area contributed by atoms with Gasteiger partial charge in [-0.15, -0.1) is 0 Å². The molecule has 1 fully saturated rings. The molecule has 1 aliphatic heterocycles. The zero-order valence-corrected chi connectivity index (χ0v) is 14.7. The Morgan fingerprint density at radius 3 is 2.60 bits per heavy atom. The van der Waals surface area contributed by atoms with E-state index in [9.17, 15) is 9.18 Å². The van der Waals surface area contributed by atoms with E-state index in [1.165, 1.54) is 12.1 Å². The van der Waals surface area contributed by atoms with Gasteiger partial charge < -0.3 is 9.64 Å². The number of nitrogens with zero attached hydrogens (tertiary/aromatic N) is 2. The Balaban J connectivity index is 1.61. The molecule has 0 aliphatic carbocycles. The van der Waals surface area contributed by atoms with E-state index in [2.05, 4.69) is 4.98 Å². The number of pyridine rings is 1. The number of ether oxygens (including phenoxy) is 1. The number of rotatable bonds is 4. The van der Waals surface area contributed by atoms with Crippen molar-refractivity contribution < 1.29 is 13.9 Å². The molecule has 3 rings (SSSR count). The zero-order chi connectivity index (χ0) is 17.8. The standard InChI is InChI=1S/C20H23FN2O2/c1-14-11-18(19(25-2)13-22-14)20(24)23-9-7-16(8-10-23)12-15-3-5-17(21)6-4-15/h3-6,11,13,16H,7-10,12H2,1-2H3. The van der Waals surface area contributed by atoms with E-state index >= 15 is 0 Å². The first-order chi connectivity index (χ1) is 12.1. The molecule has 0 radical (unpaired) electrons. The monoisotopic (exact) mass is 342 g/mol. The molecule has 2 heterocycles. The predicted octanol–water partition coefficient (Wildman–Crippen LogP) is 3.63. The number of methoxy groups -OCH3 is 1. The lowest BCUT2D eigenvalue weighted by Gasteiger charge is -2.32. The fourth-order valence-electron chi connectivity index (χ4n) is 3.34. The van der Waals surface area contributed by atoms with Gasteiger partial charge in [-0.05, 0) is 55.9 Å². The largest absolute Gasteiger partial charge is 0.494 e. The summed E-state index contributed by atoms with van der Waals surface area (Å²) in [5, 5.41) is 0. The third-order valence-corrected chi connectivity index (χ3v) is 4.79. The van der Waals surface area contributed by atoms with Crippen LogP contribution in [-0.2, 0) is 6.42 Å². The van der Waals surface area contributed by atoms with Crippen LogP contribution in [0, 0.1) is 18.7 Å². The number of halogens is 1. The molecule has 1 amide bonds. The quantitative estimate of drug-likeness (QED) is 0.852. The third kappa shape index (κ3) is 4.16. The van der Waals surface area contributed by atoms with Crippen LogP contribution in [0.25, 0.3) is 0 Å². The van der Waals surface area contributed by atoms with Crippen molar-refractivity contribution in [2.24, 2.45) is 5.92 Å². The van der Waals surface area contributed by atoms with Crippen LogP contribution in [0.1, 0.15) is 34.5 Å². The van der Waals surface area contributed by atoms with Crippen molar-refractivity contribution in [3.8, 4) is 5.75 Å². The number of benzene rings is 1. The normalized spacial score (nSPS) is 15.2. The van der Waals surface area contributed by atoms with Crippen LogP contribution in [-0.4, -0.2) is 36.0 Å². The maximum atomic E-state index is 13.0. The Kier molecular flexibility index (Phi) is 5.31. The maximum Gasteiger partial charge on any atom is 0.257 e. The van der Waals surface area contributed by atoms with Crippen molar-refractivity contribution in [3.63, 3.8) is 0 Å². The highest BCUT2D eigenvalue weighted by Gasteiger charge is 2.25. The smallest absolute Gasteiger partial charge is 0.257 e. The van der Waals surface area contributed by atoms with Gasteiger partial charge in [0.05, 0.1) is 18.9 Å². The van der Waals surface area contributed by atoms with Crippen molar-refractivity contribution in [1.82, 2.24) is 9.88 Å². The van der Waals surface area contributed by atoms with Gasteiger partial charge in [0.25, 0.3) is 5.91 Å². The van der Waals surface area contributed by atoms with Gasteiger partial charge >= 0.3 is 0 Å². The minimum atomic E-state index is -0.203. The number of aromatic nitrogens is 1. The first-order valence-corrected chi connectivity index (χ1v) is 8.61. The van der Waals surface area contributed by atoms with Crippen LogP contribution in [0.15, 0.2) is 36.5 Å². The summed E-state index contributed by atoms with van der Waals surface area (Å²) in [4.78, 5) is 18.9. The molecule has 1 saturated heterocycles. The molecule has 1 aliphatic rings. The summed E-state index contributed by atoms with van der Waals surface area (Å²) in [5.74, 6) is 0.841. The second-order valence-corrected chi connectivity index (χ2v) is 6.59. The Morgan fingerprint density at radius 1 is 1.28 bits per heavy atom. The second kappa shape index (κ2) is 7.64. The Bertz CT molecular complexity index is 738. The minimum Gasteiger partial charge on any atom is -0.494 e. The van der Waals surface area contributed by atoms with Crippen LogP contribution >= 0.6 is 0 Å². The number of aryl methyl sites for hydroxylation is 1. The maximum absolute atomic E-state index is 13.0. The number of likely N-dealkylation sites (tertiary alicyclic amines) is 1. The zero-order valence-electron chi connectivity index (χ0n) is 14.7. The van der Waals surface area contributed by atoms with Gasteiger partial charge in [0, 0.05) is 18.8 Å². The molecule has 0 atom stereocenters. The number of carbonyl (C=O) groups excluding carboxylic acids is 1. The van der Waals surface area contributed by atoms with E-state index in [-0.39, 0.29) is 11.7 Å². The molecule has 1 aromatic heterocycles. The number of hydrogen-bond donors (Lipinski definition) is 0. The number of carbonyl (C=O) groups is 1. The van der Waals surface area contributed by atoms with Gasteiger partial charge in [-0.2, -0.15) is 0 Å². The fraction of sp³-hybridized carbons (Fsp3) is 0.400. The molecule has 0 unspecified atom stereocenters. The van der Waals surface area contributed by atoms with E-state index in [0.29, 0.717) is 17.2 Å². The summed E-state index contributed by atoms with van der Waals surface area (Å²) in [6.45, 7) is 3.33. The van der Waals surface area contributed by atoms with Gasteiger partial charge in [0.1, 0.15) is 11.6 Å². The van der Waals surface area contributed by atoms with Crippen LogP contribution < -0.4 is 4.74 Å². The van der Waals surface area contributed by atoms with E-state index < -0.39 is 0 Å². The summed E-state index contributed by atoms with van der Waals surface area (Å²) in [6, 6.07) is 8.48. The van der Waals surface area contributed by atoms with Crippen molar-refractivity contribution in [2.45, 2.75) is 26.2 Å². The lowest BCUT2D eigenvalue weighted by Crippen LogP contribution is -2.39. The number of hydrogen-bond acceptors (Lipinski definition) is 3. The molecule has 0 saturated carbocycles. The first-order valence-electron chi connectivity index (χ1n) is 8.61. The molecular formula is C20H23FN2O2. The molecule has 0 spiro atoms. The van der Waals surface area contributed by atoms with Crippen LogP contribution in [0.4, 0.5) is 4.39 Å². The second-order valence-electron chi connectivity index (χ2n) is 6.59. The lowest BCUT2D eigenvalue weighted by atomic mass is 9.90. The Labute approximate surface area is 147 Å². The molecule has 2 aromatic rings. The Morgan fingerprint density at radius 2 is 1.96 bits per heavy atom. The van der Waals surface area contributed by atoms with Crippen molar-refractivity contribution in [2.75, 3.05) is 20.2 Å². The van der Waals surface area contributed by atoms with Gasteiger partial charge in [-0.3, -0.25) is 9.78 Å². The van der Waals surface area contributed by atoms with Crippen molar-refractivity contribution in [1.29, 1.82) is 0 Å². The summed E-state index contributed by atoms with van der Waals surface area (Å²) < 4.78 is 18.3. The lowest BCUT2D eigenvalue weighted by molar-refractivity contribution is 0.0687. The molecule has 1 aromatic carbocycles. The van der Waals surface area contributed by atoms with Crippen LogP contribution in [0.5, 0.6) is 5.75 Å². The number of amides is 1. The van der Waals surface area contributed by atoms with Gasteiger partial charge in [0.2, 0.25) is 0 Å². The van der Waals surface area contributed by atoms with Gasteiger partial charge in [-0.25, -0.2) is 4.39 Å². The highest BCUT2D eigenvalue weighted by molar-refractivity contribution is 5.97. The molecule has 4 nitrogen and oxygen atoms in total. The van der Waals surface area contributed by atoms with Gasteiger partial charge in [0.15, 0.2) is 0 Å². The average Bonchev–Trinajstić information content (AvgIpc) is 2.63. The molecule has 5 heteroatoms. The van der Waals surface area contributed by atoms with E-state index in [0.717, 1.165) is 43.6 Å². The SMILES string of the molecule is COc1cnc(C)cc1C(=O)N1CCC(Cc2ccc(F)cc2)CC1. The summed E-state index contributed by atoms with van der Waals surface area (Å²) in [7, 11) is 1.55. The molecule has 132 valence electrons. The Hall–Kier alpha value is -2.43. The molecular weight excluding hydrogens is 319 g/mol. The predicted molar refractivity (Wildman–Crippen MR) is 94.3 cm³/mol. The van der Waals surface area contributed by atoms with Crippen molar-refractivity contribution >= 4 is 5.91 Å². The fourth-order valence-corrected chi connectivity index (χ4v) is 3.34. The highest BCUT2D eigenvalue weighted by Crippen LogP contribution is 2.25. The summed E-state index contributed by atoms with van der Waals surface area (Å²) >= 11 is 0.